The van der Waals surface area contributed by atoms with Gasteiger partial charge in [0.25, 0.3) is 0 Å². The summed E-state index contributed by atoms with van der Waals surface area (Å²) in [6.45, 7) is 7.26. The summed E-state index contributed by atoms with van der Waals surface area (Å²) in [6.07, 6.45) is 2.51. The summed E-state index contributed by atoms with van der Waals surface area (Å²) in [6, 6.07) is 0. The van der Waals surface area contributed by atoms with Crippen LogP contribution < -0.4 is 0 Å². The van der Waals surface area contributed by atoms with Crippen molar-refractivity contribution in [2.45, 2.75) is 45.6 Å². The number of hydrogen-bond donors (Lipinski definition) is 0. The van der Waals surface area contributed by atoms with E-state index in [1.54, 1.807) is 0 Å². The number of hydrogen-bond acceptors (Lipinski definition) is 3. The van der Waals surface area contributed by atoms with E-state index in [1.165, 1.54) is 0 Å². The molecule has 82 valence electrons. The van der Waals surface area contributed by atoms with Gasteiger partial charge in [0.15, 0.2) is 0 Å². The molecule has 1 saturated heterocycles. The first kappa shape index (κ1) is 11.5. The monoisotopic (exact) mass is 200 g/mol. The zero-order valence-corrected chi connectivity index (χ0v) is 9.34. The molecule has 1 fully saturated rings. The van der Waals surface area contributed by atoms with Crippen LogP contribution in [0.5, 0.6) is 0 Å². The van der Waals surface area contributed by atoms with Gasteiger partial charge in [-0.25, -0.2) is 0 Å². The molecule has 0 N–H and O–H groups in total. The van der Waals surface area contributed by atoms with Gasteiger partial charge in [0.1, 0.15) is 5.60 Å². The van der Waals surface area contributed by atoms with Crippen molar-refractivity contribution in [1.82, 2.24) is 0 Å². The second-order valence-electron chi connectivity index (χ2n) is 4.85. The molecule has 0 saturated carbocycles. The lowest BCUT2D eigenvalue weighted by Gasteiger charge is -2.24. The lowest BCUT2D eigenvalue weighted by Crippen LogP contribution is -2.27. The molecule has 0 radical (unpaired) electrons. The van der Waals surface area contributed by atoms with Crippen LogP contribution in [-0.4, -0.2) is 24.8 Å². The summed E-state index contributed by atoms with van der Waals surface area (Å²) in [5, 5.41) is 0. The Kier molecular flexibility index (Phi) is 3.93. The average molecular weight is 200 g/mol. The van der Waals surface area contributed by atoms with Crippen molar-refractivity contribution >= 4 is 5.97 Å². The zero-order chi connectivity index (χ0) is 10.6. The van der Waals surface area contributed by atoms with Crippen molar-refractivity contribution in [2.75, 3.05) is 13.2 Å². The molecule has 0 bridgehead atoms. The van der Waals surface area contributed by atoms with Crippen LogP contribution in [-0.2, 0) is 14.3 Å². The van der Waals surface area contributed by atoms with Crippen LogP contribution in [0.1, 0.15) is 40.0 Å². The summed E-state index contributed by atoms with van der Waals surface area (Å²) in [7, 11) is 0. The van der Waals surface area contributed by atoms with Gasteiger partial charge in [-0.2, -0.15) is 0 Å². The number of carbonyl (C=O) groups excluding carboxylic acids is 1. The van der Waals surface area contributed by atoms with Gasteiger partial charge >= 0.3 is 5.97 Å². The van der Waals surface area contributed by atoms with Gasteiger partial charge in [0.05, 0.1) is 0 Å². The molecule has 0 aromatic heterocycles. The summed E-state index contributed by atoms with van der Waals surface area (Å²) in [4.78, 5) is 11.5. The van der Waals surface area contributed by atoms with E-state index in [9.17, 15) is 4.79 Å². The Morgan fingerprint density at radius 3 is 2.43 bits per heavy atom. The first-order valence-electron chi connectivity index (χ1n) is 5.27. The van der Waals surface area contributed by atoms with Crippen molar-refractivity contribution in [3.05, 3.63) is 0 Å². The van der Waals surface area contributed by atoms with Gasteiger partial charge in [-0.05, 0) is 39.5 Å². The average Bonchev–Trinajstić information content (AvgIpc) is 2.02. The Balaban J connectivity index is 2.25. The fourth-order valence-corrected chi connectivity index (χ4v) is 1.57. The standard InChI is InChI=1S/C11H20O3/c1-11(2,3)14-10(12)8-9-4-6-13-7-5-9/h9H,4-8H2,1-3H3. The third kappa shape index (κ3) is 4.61. The molecule has 3 heteroatoms. The minimum absolute atomic E-state index is 0.0793. The normalized spacial score (nSPS) is 19.4. The Labute approximate surface area is 85.8 Å². The minimum atomic E-state index is -0.359. The van der Waals surface area contributed by atoms with Crippen LogP contribution in [0.25, 0.3) is 0 Å². The van der Waals surface area contributed by atoms with E-state index in [0.717, 1.165) is 26.1 Å². The molecular weight excluding hydrogens is 180 g/mol. The minimum Gasteiger partial charge on any atom is -0.460 e. The molecule has 0 aromatic carbocycles. The molecule has 3 nitrogen and oxygen atoms in total. The van der Waals surface area contributed by atoms with Gasteiger partial charge in [-0.15, -0.1) is 0 Å². The van der Waals surface area contributed by atoms with Gasteiger partial charge in [-0.1, -0.05) is 0 Å². The molecule has 0 atom stereocenters. The fourth-order valence-electron chi connectivity index (χ4n) is 1.57. The number of carbonyl (C=O) groups is 1. The molecule has 1 rings (SSSR count). The zero-order valence-electron chi connectivity index (χ0n) is 9.34. The molecule has 0 aliphatic carbocycles. The third-order valence-electron chi connectivity index (χ3n) is 2.22. The molecule has 1 aliphatic heterocycles. The maximum Gasteiger partial charge on any atom is 0.306 e. The predicted octanol–water partition coefficient (Wildman–Crippen LogP) is 2.14. The molecule has 1 aliphatic rings. The molecule has 0 spiro atoms. The molecule has 0 unspecified atom stereocenters. The highest BCUT2D eigenvalue weighted by atomic mass is 16.6. The van der Waals surface area contributed by atoms with E-state index in [-0.39, 0.29) is 11.6 Å². The second kappa shape index (κ2) is 4.78. The third-order valence-corrected chi connectivity index (χ3v) is 2.22. The van der Waals surface area contributed by atoms with E-state index in [4.69, 9.17) is 9.47 Å². The molecule has 1 heterocycles. The van der Waals surface area contributed by atoms with Crippen LogP contribution in [0.3, 0.4) is 0 Å². The highest BCUT2D eigenvalue weighted by Gasteiger charge is 2.21. The van der Waals surface area contributed by atoms with Gasteiger partial charge < -0.3 is 9.47 Å². The first-order chi connectivity index (χ1) is 6.47. The summed E-state index contributed by atoms with van der Waals surface area (Å²) in [5.41, 5.74) is -0.359. The topological polar surface area (TPSA) is 35.5 Å². The molecule has 14 heavy (non-hydrogen) atoms. The largest absolute Gasteiger partial charge is 0.460 e. The van der Waals surface area contributed by atoms with Crippen LogP contribution in [0, 0.1) is 5.92 Å². The van der Waals surface area contributed by atoms with Crippen molar-refractivity contribution in [1.29, 1.82) is 0 Å². The second-order valence-corrected chi connectivity index (χ2v) is 4.85. The Hall–Kier alpha value is -0.570. The van der Waals surface area contributed by atoms with Crippen LogP contribution in [0.2, 0.25) is 0 Å². The Morgan fingerprint density at radius 2 is 1.93 bits per heavy atom. The van der Waals surface area contributed by atoms with Crippen LogP contribution >= 0.6 is 0 Å². The number of rotatable bonds is 2. The maximum absolute atomic E-state index is 11.5. The molecule has 0 amide bonds. The van der Waals surface area contributed by atoms with E-state index in [1.807, 2.05) is 20.8 Å². The van der Waals surface area contributed by atoms with Crippen molar-refractivity contribution in [2.24, 2.45) is 5.92 Å². The smallest absolute Gasteiger partial charge is 0.306 e. The lowest BCUT2D eigenvalue weighted by atomic mass is 9.97. The van der Waals surface area contributed by atoms with Gasteiger partial charge in [-0.3, -0.25) is 4.79 Å². The number of esters is 1. The fraction of sp³-hybridized carbons (Fsp3) is 0.909. The van der Waals surface area contributed by atoms with Crippen molar-refractivity contribution in [3.63, 3.8) is 0 Å². The highest BCUT2D eigenvalue weighted by Crippen LogP contribution is 2.20. The summed E-state index contributed by atoms with van der Waals surface area (Å²) >= 11 is 0. The first-order valence-corrected chi connectivity index (χ1v) is 5.27. The van der Waals surface area contributed by atoms with Crippen LogP contribution in [0.4, 0.5) is 0 Å². The Morgan fingerprint density at radius 1 is 1.36 bits per heavy atom. The summed E-state index contributed by atoms with van der Waals surface area (Å²) < 4.78 is 10.5. The summed E-state index contributed by atoms with van der Waals surface area (Å²) in [5.74, 6) is 0.378. The quantitative estimate of drug-likeness (QED) is 0.641. The van der Waals surface area contributed by atoms with Gasteiger partial charge in [0.2, 0.25) is 0 Å². The predicted molar refractivity (Wildman–Crippen MR) is 54.0 cm³/mol. The SMILES string of the molecule is CC(C)(C)OC(=O)CC1CCOCC1. The highest BCUT2D eigenvalue weighted by molar-refractivity contribution is 5.70. The van der Waals surface area contributed by atoms with Crippen molar-refractivity contribution in [3.8, 4) is 0 Å². The number of ether oxygens (including phenoxy) is 2. The molecular formula is C11H20O3. The van der Waals surface area contributed by atoms with Crippen LogP contribution in [0.15, 0.2) is 0 Å². The van der Waals surface area contributed by atoms with E-state index in [0.29, 0.717) is 12.3 Å². The Bertz CT molecular complexity index is 187. The van der Waals surface area contributed by atoms with E-state index in [2.05, 4.69) is 0 Å². The van der Waals surface area contributed by atoms with Gasteiger partial charge in [0, 0.05) is 19.6 Å². The van der Waals surface area contributed by atoms with Crippen molar-refractivity contribution < 1.29 is 14.3 Å². The lowest BCUT2D eigenvalue weighted by molar-refractivity contribution is -0.156. The van der Waals surface area contributed by atoms with E-state index >= 15 is 0 Å². The van der Waals surface area contributed by atoms with E-state index < -0.39 is 0 Å². The maximum atomic E-state index is 11.5. The molecule has 0 aromatic rings.